The van der Waals surface area contributed by atoms with Crippen LogP contribution in [0.2, 0.25) is 0 Å². The van der Waals surface area contributed by atoms with Crippen molar-refractivity contribution in [2.45, 2.75) is 6.54 Å². The maximum absolute atomic E-state index is 13.9. The normalized spacial score (nSPS) is 14.1. The Morgan fingerprint density at radius 2 is 1.76 bits per heavy atom. The number of halogens is 1. The zero-order valence-corrected chi connectivity index (χ0v) is 19.4. The predicted octanol–water partition coefficient (Wildman–Crippen LogP) is 4.34. The van der Waals surface area contributed by atoms with E-state index in [1.165, 1.54) is 18.2 Å². The van der Waals surface area contributed by atoms with Crippen molar-refractivity contribution in [3.63, 3.8) is 0 Å². The first kappa shape index (κ1) is 23.2. The summed E-state index contributed by atoms with van der Waals surface area (Å²) in [5.41, 5.74) is 2.30. The molecule has 1 heterocycles. The summed E-state index contributed by atoms with van der Waals surface area (Å²) in [6, 6.07) is 19.5. The molecule has 2 N–H and O–H groups in total. The maximum Gasteiger partial charge on any atom is 0.199 e. The summed E-state index contributed by atoms with van der Waals surface area (Å²) in [5, 5.41) is 13.4. The molecule has 3 aromatic rings. The lowest BCUT2D eigenvalue weighted by molar-refractivity contribution is 0.382. The average molecular weight is 465 g/mol. The number of guanidine groups is 1. The van der Waals surface area contributed by atoms with E-state index < -0.39 is 5.82 Å². The van der Waals surface area contributed by atoms with Crippen molar-refractivity contribution in [1.29, 1.82) is 0 Å². The molecule has 178 valence electrons. The van der Waals surface area contributed by atoms with Crippen LogP contribution in [0.15, 0.2) is 71.7 Å². The van der Waals surface area contributed by atoms with Gasteiger partial charge in [-0.25, -0.2) is 9.38 Å². The smallest absolute Gasteiger partial charge is 0.199 e. The molecule has 1 saturated heterocycles. The number of aliphatic imine (C=N–C) groups is 1. The number of phenolic OH excluding ortho intramolecular Hbond substituents is 1. The number of benzene rings is 3. The van der Waals surface area contributed by atoms with Gasteiger partial charge in [0.2, 0.25) is 0 Å². The zero-order valence-electron chi connectivity index (χ0n) is 19.4. The number of rotatable bonds is 6. The van der Waals surface area contributed by atoms with E-state index in [0.29, 0.717) is 25.6 Å². The second kappa shape index (κ2) is 10.8. The highest BCUT2D eigenvalue weighted by Gasteiger charge is 2.21. The summed E-state index contributed by atoms with van der Waals surface area (Å²) in [5.74, 6) is 1.66. The average Bonchev–Trinajstić information content (AvgIpc) is 2.88. The first-order chi connectivity index (χ1) is 16.6. The van der Waals surface area contributed by atoms with E-state index in [1.54, 1.807) is 14.2 Å². The number of nitrogens with zero attached hydrogens (tertiary/aromatic N) is 3. The molecule has 8 heteroatoms. The number of phenols is 1. The molecule has 0 bridgehead atoms. The van der Waals surface area contributed by atoms with E-state index in [2.05, 4.69) is 21.2 Å². The quantitative estimate of drug-likeness (QED) is 0.321. The Kier molecular flexibility index (Phi) is 7.37. The zero-order chi connectivity index (χ0) is 23.9. The highest BCUT2D eigenvalue weighted by Crippen LogP contribution is 2.26. The van der Waals surface area contributed by atoms with Gasteiger partial charge in [-0.2, -0.15) is 0 Å². The van der Waals surface area contributed by atoms with Crippen LogP contribution >= 0.6 is 0 Å². The van der Waals surface area contributed by atoms with E-state index in [0.717, 1.165) is 35.8 Å². The van der Waals surface area contributed by atoms with Crippen LogP contribution in [0.1, 0.15) is 5.56 Å². The van der Waals surface area contributed by atoms with Crippen LogP contribution in [-0.2, 0) is 6.54 Å². The molecule has 34 heavy (non-hydrogen) atoms. The topological polar surface area (TPSA) is 69.6 Å². The van der Waals surface area contributed by atoms with Gasteiger partial charge < -0.3 is 29.7 Å². The van der Waals surface area contributed by atoms with Crippen LogP contribution in [0, 0.1) is 5.82 Å². The van der Waals surface area contributed by atoms with Crippen molar-refractivity contribution in [3.05, 3.63) is 78.1 Å². The van der Waals surface area contributed by atoms with Crippen molar-refractivity contribution in [2.75, 3.05) is 50.6 Å². The van der Waals surface area contributed by atoms with Gasteiger partial charge in [-0.3, -0.25) is 0 Å². The fraction of sp³-hybridized carbons (Fsp3) is 0.269. The van der Waals surface area contributed by atoms with E-state index in [1.807, 2.05) is 42.5 Å². The molecule has 0 aromatic heterocycles. The van der Waals surface area contributed by atoms with Crippen LogP contribution < -0.4 is 19.7 Å². The molecule has 1 aliphatic heterocycles. The monoisotopic (exact) mass is 464 g/mol. The van der Waals surface area contributed by atoms with Gasteiger partial charge in [-0.15, -0.1) is 0 Å². The summed E-state index contributed by atoms with van der Waals surface area (Å²) in [4.78, 5) is 9.19. The Morgan fingerprint density at radius 3 is 2.53 bits per heavy atom. The third-order valence-corrected chi connectivity index (χ3v) is 5.79. The molecule has 4 rings (SSSR count). The van der Waals surface area contributed by atoms with Crippen LogP contribution in [-0.4, -0.2) is 56.4 Å². The Balaban J connectivity index is 1.54. The van der Waals surface area contributed by atoms with Gasteiger partial charge in [0.1, 0.15) is 23.1 Å². The standard InChI is InChI=1S/C26H29FN4O3/c1-33-22-8-5-7-21(17-22)30-12-14-31(15-13-30)26(29-23-16-20(27)10-11-24(23)32)28-18-19-6-3-4-9-25(19)34-2/h3-11,16-17,32H,12-15,18H2,1-2H3,(H,28,29). The third-order valence-electron chi connectivity index (χ3n) is 5.79. The van der Waals surface area contributed by atoms with E-state index in [9.17, 15) is 9.50 Å². The van der Waals surface area contributed by atoms with Crippen LogP contribution in [0.4, 0.5) is 15.8 Å². The number of piperazine rings is 1. The third kappa shape index (κ3) is 5.51. The van der Waals surface area contributed by atoms with Gasteiger partial charge in [-0.1, -0.05) is 24.3 Å². The van der Waals surface area contributed by atoms with Crippen molar-refractivity contribution < 1.29 is 19.0 Å². The predicted molar refractivity (Wildman–Crippen MR) is 133 cm³/mol. The minimum absolute atomic E-state index is 0.0404. The highest BCUT2D eigenvalue weighted by molar-refractivity contribution is 5.95. The van der Waals surface area contributed by atoms with Crippen molar-refractivity contribution in [3.8, 4) is 17.2 Å². The van der Waals surface area contributed by atoms with E-state index >= 15 is 0 Å². The summed E-state index contributed by atoms with van der Waals surface area (Å²) in [6.07, 6.45) is 0. The molecule has 0 radical (unpaired) electrons. The summed E-state index contributed by atoms with van der Waals surface area (Å²) in [7, 11) is 3.29. The molecule has 1 fully saturated rings. The minimum Gasteiger partial charge on any atom is -0.506 e. The summed E-state index contributed by atoms with van der Waals surface area (Å²) >= 11 is 0. The van der Waals surface area contributed by atoms with Crippen LogP contribution in [0.3, 0.4) is 0 Å². The molecular weight excluding hydrogens is 435 g/mol. The summed E-state index contributed by atoms with van der Waals surface area (Å²) < 4.78 is 24.7. The molecular formula is C26H29FN4O3. The minimum atomic E-state index is -0.438. The van der Waals surface area contributed by atoms with E-state index in [-0.39, 0.29) is 11.4 Å². The number of methoxy groups -OCH3 is 2. The molecule has 0 aliphatic carbocycles. The Morgan fingerprint density at radius 1 is 0.971 bits per heavy atom. The molecule has 0 spiro atoms. The number of aromatic hydroxyl groups is 1. The van der Waals surface area contributed by atoms with Gasteiger partial charge in [0.05, 0.1) is 26.5 Å². The van der Waals surface area contributed by atoms with Gasteiger partial charge in [0, 0.05) is 49.6 Å². The highest BCUT2D eigenvalue weighted by atomic mass is 19.1. The van der Waals surface area contributed by atoms with E-state index in [4.69, 9.17) is 14.5 Å². The van der Waals surface area contributed by atoms with Crippen molar-refractivity contribution in [1.82, 2.24) is 4.90 Å². The van der Waals surface area contributed by atoms with Gasteiger partial charge in [-0.05, 0) is 30.3 Å². The van der Waals surface area contributed by atoms with Gasteiger partial charge in [0.25, 0.3) is 0 Å². The molecule has 1 aliphatic rings. The number of hydrogen-bond donors (Lipinski definition) is 2. The fourth-order valence-electron chi connectivity index (χ4n) is 3.92. The molecule has 0 unspecified atom stereocenters. The van der Waals surface area contributed by atoms with Crippen molar-refractivity contribution >= 4 is 17.3 Å². The molecule has 0 amide bonds. The molecule has 3 aromatic carbocycles. The number of nitrogens with one attached hydrogen (secondary N) is 1. The Labute approximate surface area is 199 Å². The number of ether oxygens (including phenoxy) is 2. The SMILES string of the molecule is COc1cccc(N2CCN(C(=NCc3ccccc3OC)Nc3cc(F)ccc3O)CC2)c1. The summed E-state index contributed by atoms with van der Waals surface area (Å²) in [6.45, 7) is 3.32. The number of para-hydroxylation sites is 1. The molecule has 7 nitrogen and oxygen atoms in total. The lowest BCUT2D eigenvalue weighted by Crippen LogP contribution is -2.50. The lowest BCUT2D eigenvalue weighted by Gasteiger charge is -2.38. The lowest BCUT2D eigenvalue weighted by atomic mass is 10.2. The van der Waals surface area contributed by atoms with Gasteiger partial charge >= 0.3 is 0 Å². The number of anilines is 2. The second-order valence-electron chi connectivity index (χ2n) is 7.91. The fourth-order valence-corrected chi connectivity index (χ4v) is 3.92. The second-order valence-corrected chi connectivity index (χ2v) is 7.91. The number of hydrogen-bond acceptors (Lipinski definition) is 5. The Hall–Kier alpha value is -3.94. The largest absolute Gasteiger partial charge is 0.506 e. The van der Waals surface area contributed by atoms with Crippen molar-refractivity contribution in [2.24, 2.45) is 4.99 Å². The first-order valence-corrected chi connectivity index (χ1v) is 11.1. The Bertz CT molecular complexity index is 1150. The first-order valence-electron chi connectivity index (χ1n) is 11.1. The van der Waals surface area contributed by atoms with Gasteiger partial charge in [0.15, 0.2) is 5.96 Å². The van der Waals surface area contributed by atoms with Crippen LogP contribution in [0.25, 0.3) is 0 Å². The van der Waals surface area contributed by atoms with Crippen LogP contribution in [0.5, 0.6) is 17.2 Å². The maximum atomic E-state index is 13.9. The molecule has 0 atom stereocenters. The molecule has 0 saturated carbocycles.